The number of carbonyl (C=O) groups excluding carboxylic acids is 2. The molecular formula is C23H31NO6. The average Bonchev–Trinajstić information content (AvgIpc) is 2.92. The Hall–Kier alpha value is -2.57. The molecule has 3 aliphatic rings. The second-order valence-corrected chi connectivity index (χ2v) is 9.27. The topological polar surface area (TPSA) is 93.1 Å². The molecule has 1 amide bonds. The maximum absolute atomic E-state index is 13.4. The quantitative estimate of drug-likeness (QED) is 0.744. The molecule has 0 radical (unpaired) electrons. The first-order valence-electron chi connectivity index (χ1n) is 10.6. The van der Waals surface area contributed by atoms with Crippen molar-refractivity contribution >= 4 is 17.8 Å². The molecule has 1 saturated heterocycles. The molecular weight excluding hydrogens is 386 g/mol. The summed E-state index contributed by atoms with van der Waals surface area (Å²) >= 11 is 0. The number of carboxylic acids is 1. The highest BCUT2D eigenvalue weighted by Gasteiger charge is 2.48. The highest BCUT2D eigenvalue weighted by atomic mass is 16.6. The van der Waals surface area contributed by atoms with Crippen LogP contribution in [0, 0.1) is 11.8 Å². The highest BCUT2D eigenvalue weighted by molar-refractivity contribution is 5.90. The van der Waals surface area contributed by atoms with Crippen LogP contribution in [0.4, 0.5) is 0 Å². The number of esters is 1. The van der Waals surface area contributed by atoms with Gasteiger partial charge >= 0.3 is 11.9 Å². The third kappa shape index (κ3) is 4.94. The van der Waals surface area contributed by atoms with Gasteiger partial charge in [-0.1, -0.05) is 12.1 Å². The van der Waals surface area contributed by atoms with Gasteiger partial charge in [0.1, 0.15) is 17.4 Å². The number of benzene rings is 1. The maximum Gasteiger partial charge on any atom is 0.326 e. The van der Waals surface area contributed by atoms with Crippen molar-refractivity contribution in [3.63, 3.8) is 0 Å². The molecule has 30 heavy (non-hydrogen) atoms. The zero-order chi connectivity index (χ0) is 22.1. The fraction of sp³-hybridized carbons (Fsp3) is 0.609. The molecule has 4 rings (SSSR count). The van der Waals surface area contributed by atoms with E-state index in [9.17, 15) is 19.5 Å². The van der Waals surface area contributed by atoms with Crippen molar-refractivity contribution in [1.82, 2.24) is 4.90 Å². The predicted molar refractivity (Wildman–Crippen MR) is 110 cm³/mol. The van der Waals surface area contributed by atoms with Crippen molar-refractivity contribution in [3.05, 3.63) is 29.8 Å². The van der Waals surface area contributed by atoms with E-state index in [-0.39, 0.29) is 18.4 Å². The van der Waals surface area contributed by atoms with Gasteiger partial charge in [-0.2, -0.15) is 0 Å². The van der Waals surface area contributed by atoms with Gasteiger partial charge in [-0.15, -0.1) is 0 Å². The van der Waals surface area contributed by atoms with Crippen LogP contribution in [0.5, 0.6) is 5.75 Å². The van der Waals surface area contributed by atoms with Crippen molar-refractivity contribution in [3.8, 4) is 5.75 Å². The third-order valence-electron chi connectivity index (χ3n) is 5.74. The molecule has 0 aromatic heterocycles. The Morgan fingerprint density at radius 3 is 2.47 bits per heavy atom. The van der Waals surface area contributed by atoms with Crippen molar-refractivity contribution in [2.45, 2.75) is 71.1 Å². The minimum absolute atomic E-state index is 0.204. The first-order valence-corrected chi connectivity index (χ1v) is 10.6. The van der Waals surface area contributed by atoms with Gasteiger partial charge in [-0.3, -0.25) is 9.59 Å². The standard InChI is InChI=1S/C23H31NO6/c1-14-12-18-17(22(28)30-23(2,3)4)6-5-11-29-16-9-7-15(8-10-16)13-19(21(26)27)24(14)20(18)25/h7-10,14,17-19H,5-6,11-13H2,1-4H3,(H,26,27)/t14?,17-,18+,19?/m0/s1. The number of fused-ring (bicyclic) bond motifs is 7. The lowest BCUT2D eigenvalue weighted by Crippen LogP contribution is -2.48. The number of ether oxygens (including phenoxy) is 2. The largest absolute Gasteiger partial charge is 0.494 e. The van der Waals surface area contributed by atoms with Crippen LogP contribution in [0.1, 0.15) is 52.5 Å². The van der Waals surface area contributed by atoms with Crippen molar-refractivity contribution < 1.29 is 29.0 Å². The molecule has 1 aromatic rings. The lowest BCUT2D eigenvalue weighted by atomic mass is 9.86. The van der Waals surface area contributed by atoms with Crippen LogP contribution >= 0.6 is 0 Å². The van der Waals surface area contributed by atoms with Gasteiger partial charge in [0, 0.05) is 12.5 Å². The van der Waals surface area contributed by atoms with E-state index in [1.165, 1.54) is 4.90 Å². The third-order valence-corrected chi connectivity index (χ3v) is 5.74. The number of nitrogens with zero attached hydrogens (tertiary/aromatic N) is 1. The summed E-state index contributed by atoms with van der Waals surface area (Å²) in [4.78, 5) is 39.8. The molecule has 1 fully saturated rings. The number of carbonyl (C=O) groups is 3. The highest BCUT2D eigenvalue weighted by Crippen LogP contribution is 2.36. The van der Waals surface area contributed by atoms with Gasteiger partial charge in [0.25, 0.3) is 0 Å². The predicted octanol–water partition coefficient (Wildman–Crippen LogP) is 3.05. The van der Waals surface area contributed by atoms with Gasteiger partial charge in [0.05, 0.1) is 18.4 Å². The van der Waals surface area contributed by atoms with Crippen molar-refractivity contribution in [2.24, 2.45) is 11.8 Å². The monoisotopic (exact) mass is 417 g/mol. The van der Waals surface area contributed by atoms with Crippen molar-refractivity contribution in [1.29, 1.82) is 0 Å². The maximum atomic E-state index is 13.4. The Bertz CT molecular complexity index is 797. The zero-order valence-electron chi connectivity index (χ0n) is 18.1. The van der Waals surface area contributed by atoms with Crippen LogP contribution in [0.2, 0.25) is 0 Å². The molecule has 4 atom stereocenters. The van der Waals surface area contributed by atoms with Crippen LogP contribution < -0.4 is 4.74 Å². The molecule has 4 bridgehead atoms. The van der Waals surface area contributed by atoms with Gasteiger partial charge in [-0.05, 0) is 64.7 Å². The lowest BCUT2D eigenvalue weighted by molar-refractivity contribution is -0.164. The molecule has 3 heterocycles. The minimum Gasteiger partial charge on any atom is -0.494 e. The molecule has 7 nitrogen and oxygen atoms in total. The SMILES string of the molecule is CC1C[C@H]2C(=O)N1C(C(=O)O)Cc1ccc(cc1)OCCC[C@@H]2C(=O)OC(C)(C)C. The smallest absolute Gasteiger partial charge is 0.326 e. The van der Waals surface area contributed by atoms with Gasteiger partial charge in [-0.25, -0.2) is 4.79 Å². The summed E-state index contributed by atoms with van der Waals surface area (Å²) in [6.07, 6.45) is 1.68. The molecule has 0 aliphatic carbocycles. The number of rotatable bonds is 2. The minimum atomic E-state index is -1.04. The Kier molecular flexibility index (Phi) is 6.38. The summed E-state index contributed by atoms with van der Waals surface area (Å²) < 4.78 is 11.4. The van der Waals surface area contributed by atoms with E-state index >= 15 is 0 Å². The van der Waals surface area contributed by atoms with Crippen LogP contribution in [0.3, 0.4) is 0 Å². The summed E-state index contributed by atoms with van der Waals surface area (Å²) in [5.74, 6) is -2.23. The van der Waals surface area contributed by atoms with E-state index in [1.54, 1.807) is 20.8 Å². The molecule has 1 aromatic carbocycles. The fourth-order valence-electron chi connectivity index (χ4n) is 4.39. The van der Waals surface area contributed by atoms with E-state index in [0.717, 1.165) is 5.56 Å². The molecule has 3 aliphatic heterocycles. The first kappa shape index (κ1) is 22.1. The molecule has 0 saturated carbocycles. The summed E-state index contributed by atoms with van der Waals surface area (Å²) in [6, 6.07) is 6.04. The molecule has 1 N–H and O–H groups in total. The molecule has 2 unspecified atom stereocenters. The van der Waals surface area contributed by atoms with Gasteiger partial charge in [0.2, 0.25) is 5.91 Å². The molecule has 164 valence electrons. The fourth-order valence-corrected chi connectivity index (χ4v) is 4.39. The van der Waals surface area contributed by atoms with E-state index < -0.39 is 35.4 Å². The Labute approximate surface area is 177 Å². The summed E-state index contributed by atoms with van der Waals surface area (Å²) in [6.45, 7) is 7.67. The second kappa shape index (κ2) is 8.66. The lowest BCUT2D eigenvalue weighted by Gasteiger charge is -2.30. The number of amides is 1. The van der Waals surface area contributed by atoms with Gasteiger partial charge < -0.3 is 19.5 Å². The Morgan fingerprint density at radius 1 is 1.20 bits per heavy atom. The molecule has 0 spiro atoms. The van der Waals surface area contributed by atoms with Gasteiger partial charge in [0.15, 0.2) is 0 Å². The Balaban J connectivity index is 1.96. The van der Waals surface area contributed by atoms with Crippen molar-refractivity contribution in [2.75, 3.05) is 6.61 Å². The number of hydrogen-bond donors (Lipinski definition) is 1. The van der Waals surface area contributed by atoms with E-state index in [0.29, 0.717) is 31.6 Å². The number of aliphatic carboxylic acids is 1. The average molecular weight is 418 g/mol. The second-order valence-electron chi connectivity index (χ2n) is 9.27. The van der Waals surface area contributed by atoms with E-state index in [2.05, 4.69) is 0 Å². The summed E-state index contributed by atoms with van der Waals surface area (Å²) in [5, 5.41) is 9.88. The van der Waals surface area contributed by atoms with Crippen LogP contribution in [0.25, 0.3) is 0 Å². The van der Waals surface area contributed by atoms with E-state index in [1.807, 2.05) is 31.2 Å². The first-order chi connectivity index (χ1) is 14.1. The number of carboxylic acid groups (broad SMARTS) is 1. The number of hydrogen-bond acceptors (Lipinski definition) is 5. The van der Waals surface area contributed by atoms with Crippen LogP contribution in [-0.4, -0.2) is 52.1 Å². The summed E-state index contributed by atoms with van der Waals surface area (Å²) in [5.41, 5.74) is 0.156. The van der Waals surface area contributed by atoms with Crippen LogP contribution in [0.15, 0.2) is 24.3 Å². The van der Waals surface area contributed by atoms with Crippen LogP contribution in [-0.2, 0) is 25.5 Å². The zero-order valence-corrected chi connectivity index (χ0v) is 18.1. The molecule has 7 heteroatoms. The summed E-state index contributed by atoms with van der Waals surface area (Å²) in [7, 11) is 0. The Morgan fingerprint density at radius 2 is 1.87 bits per heavy atom. The van der Waals surface area contributed by atoms with E-state index in [4.69, 9.17) is 9.47 Å². The normalized spacial score (nSPS) is 27.3.